The summed E-state index contributed by atoms with van der Waals surface area (Å²) in [4.78, 5) is 0. The molecule has 0 bridgehead atoms. The van der Waals surface area contributed by atoms with Crippen LogP contribution in [0.3, 0.4) is 0 Å². The third-order valence-corrected chi connectivity index (χ3v) is 3.87. The molecule has 0 aliphatic heterocycles. The lowest BCUT2D eigenvalue weighted by Gasteiger charge is -2.16. The minimum Gasteiger partial charge on any atom is -0.494 e. The molecular formula is C15H22FNO2. The van der Waals surface area contributed by atoms with E-state index in [0.29, 0.717) is 23.3 Å². The van der Waals surface area contributed by atoms with Gasteiger partial charge in [-0.2, -0.15) is 0 Å². The Balaban J connectivity index is 1.83. The van der Waals surface area contributed by atoms with Gasteiger partial charge in [-0.15, -0.1) is 0 Å². The van der Waals surface area contributed by atoms with Crippen LogP contribution < -0.4 is 10.1 Å². The van der Waals surface area contributed by atoms with Crippen molar-refractivity contribution >= 4 is 0 Å². The van der Waals surface area contributed by atoms with Crippen molar-refractivity contribution in [2.45, 2.75) is 25.8 Å². The average molecular weight is 267 g/mol. The van der Waals surface area contributed by atoms with Crippen LogP contribution in [0.15, 0.2) is 18.2 Å². The SMILES string of the molecule is COCCC1(CNCc2cccc(OC)c2F)CC1. The van der Waals surface area contributed by atoms with E-state index in [9.17, 15) is 4.39 Å². The normalized spacial score (nSPS) is 16.4. The number of rotatable bonds is 8. The van der Waals surface area contributed by atoms with Gasteiger partial charge in [-0.05, 0) is 30.7 Å². The Morgan fingerprint density at radius 1 is 1.32 bits per heavy atom. The van der Waals surface area contributed by atoms with Crippen molar-refractivity contribution in [3.8, 4) is 5.75 Å². The Morgan fingerprint density at radius 2 is 2.11 bits per heavy atom. The van der Waals surface area contributed by atoms with Crippen LogP contribution in [0.5, 0.6) is 5.75 Å². The molecule has 2 rings (SSSR count). The summed E-state index contributed by atoms with van der Waals surface area (Å²) in [5, 5.41) is 3.35. The second-order valence-electron chi connectivity index (χ2n) is 5.28. The molecule has 0 saturated heterocycles. The fraction of sp³-hybridized carbons (Fsp3) is 0.600. The molecular weight excluding hydrogens is 245 g/mol. The second-order valence-corrected chi connectivity index (χ2v) is 5.28. The Bertz CT molecular complexity index is 419. The van der Waals surface area contributed by atoms with Crippen LogP contribution in [0.4, 0.5) is 4.39 Å². The Kier molecular flexibility index (Phi) is 4.77. The van der Waals surface area contributed by atoms with E-state index in [4.69, 9.17) is 9.47 Å². The number of hydrogen-bond donors (Lipinski definition) is 1. The summed E-state index contributed by atoms with van der Waals surface area (Å²) in [5.74, 6) is 0.0408. The standard InChI is InChI=1S/C15H22FNO2/c1-18-9-8-15(6-7-15)11-17-10-12-4-3-5-13(19-2)14(12)16/h3-5,17H,6-11H2,1-2H3. The number of halogens is 1. The van der Waals surface area contributed by atoms with Crippen molar-refractivity contribution in [1.29, 1.82) is 0 Å². The lowest BCUT2D eigenvalue weighted by molar-refractivity contribution is 0.171. The van der Waals surface area contributed by atoms with Crippen molar-refractivity contribution < 1.29 is 13.9 Å². The maximum Gasteiger partial charge on any atom is 0.169 e. The molecule has 1 N–H and O–H groups in total. The summed E-state index contributed by atoms with van der Waals surface area (Å²) < 4.78 is 24.0. The van der Waals surface area contributed by atoms with Gasteiger partial charge < -0.3 is 14.8 Å². The van der Waals surface area contributed by atoms with Gasteiger partial charge in [0, 0.05) is 32.4 Å². The summed E-state index contributed by atoms with van der Waals surface area (Å²) in [6.45, 7) is 2.26. The van der Waals surface area contributed by atoms with Crippen molar-refractivity contribution in [3.05, 3.63) is 29.6 Å². The Morgan fingerprint density at radius 3 is 2.74 bits per heavy atom. The van der Waals surface area contributed by atoms with E-state index in [2.05, 4.69) is 5.32 Å². The van der Waals surface area contributed by atoms with Crippen molar-refractivity contribution in [2.24, 2.45) is 5.41 Å². The molecule has 1 aliphatic carbocycles. The molecule has 0 unspecified atom stereocenters. The van der Waals surface area contributed by atoms with Crippen LogP contribution in [0.1, 0.15) is 24.8 Å². The molecule has 19 heavy (non-hydrogen) atoms. The second kappa shape index (κ2) is 6.35. The molecule has 0 radical (unpaired) electrons. The van der Waals surface area contributed by atoms with Gasteiger partial charge in [0.1, 0.15) is 0 Å². The lowest BCUT2D eigenvalue weighted by atomic mass is 10.0. The molecule has 1 aliphatic rings. The number of benzene rings is 1. The van der Waals surface area contributed by atoms with Gasteiger partial charge in [-0.25, -0.2) is 4.39 Å². The van der Waals surface area contributed by atoms with E-state index in [-0.39, 0.29) is 5.82 Å². The highest BCUT2D eigenvalue weighted by atomic mass is 19.1. The average Bonchev–Trinajstić information content (AvgIpc) is 3.19. The van der Waals surface area contributed by atoms with E-state index in [0.717, 1.165) is 19.6 Å². The summed E-state index contributed by atoms with van der Waals surface area (Å²) in [5.41, 5.74) is 1.03. The molecule has 1 aromatic rings. The Labute approximate surface area is 114 Å². The predicted octanol–water partition coefficient (Wildman–Crippen LogP) is 2.74. The molecule has 1 saturated carbocycles. The van der Waals surface area contributed by atoms with Gasteiger partial charge in [0.15, 0.2) is 11.6 Å². The number of methoxy groups -OCH3 is 2. The third kappa shape index (κ3) is 3.67. The fourth-order valence-corrected chi connectivity index (χ4v) is 2.32. The molecule has 0 aromatic heterocycles. The van der Waals surface area contributed by atoms with E-state index in [1.165, 1.54) is 20.0 Å². The number of hydrogen-bond acceptors (Lipinski definition) is 3. The maximum absolute atomic E-state index is 13.9. The summed E-state index contributed by atoms with van der Waals surface area (Å²) >= 11 is 0. The molecule has 1 fully saturated rings. The first-order valence-corrected chi connectivity index (χ1v) is 6.72. The van der Waals surface area contributed by atoms with Gasteiger partial charge in [0.25, 0.3) is 0 Å². The zero-order valence-corrected chi connectivity index (χ0v) is 11.7. The van der Waals surface area contributed by atoms with Crippen molar-refractivity contribution in [1.82, 2.24) is 5.32 Å². The highest BCUT2D eigenvalue weighted by molar-refractivity contribution is 5.30. The molecule has 0 atom stereocenters. The molecule has 106 valence electrons. The quantitative estimate of drug-likeness (QED) is 0.785. The highest BCUT2D eigenvalue weighted by Crippen LogP contribution is 2.48. The lowest BCUT2D eigenvalue weighted by Crippen LogP contribution is -2.25. The molecule has 3 nitrogen and oxygen atoms in total. The van der Waals surface area contributed by atoms with Crippen LogP contribution in [-0.4, -0.2) is 27.4 Å². The summed E-state index contributed by atoms with van der Waals surface area (Å²) in [6.07, 6.45) is 3.56. The first kappa shape index (κ1) is 14.3. The van der Waals surface area contributed by atoms with Crippen LogP contribution >= 0.6 is 0 Å². The molecule has 0 spiro atoms. The minimum absolute atomic E-state index is 0.265. The van der Waals surface area contributed by atoms with Crippen molar-refractivity contribution in [3.63, 3.8) is 0 Å². The monoisotopic (exact) mass is 267 g/mol. The van der Waals surface area contributed by atoms with E-state index in [1.54, 1.807) is 19.2 Å². The molecule has 0 amide bonds. The van der Waals surface area contributed by atoms with E-state index in [1.807, 2.05) is 6.07 Å². The van der Waals surface area contributed by atoms with Crippen LogP contribution in [0, 0.1) is 11.2 Å². The van der Waals surface area contributed by atoms with Gasteiger partial charge in [-0.1, -0.05) is 12.1 Å². The summed E-state index contributed by atoms with van der Waals surface area (Å²) in [6, 6.07) is 5.25. The predicted molar refractivity (Wildman–Crippen MR) is 72.8 cm³/mol. The summed E-state index contributed by atoms with van der Waals surface area (Å²) in [7, 11) is 3.22. The Hall–Kier alpha value is -1.13. The van der Waals surface area contributed by atoms with Crippen molar-refractivity contribution in [2.75, 3.05) is 27.4 Å². The molecule has 0 heterocycles. The smallest absolute Gasteiger partial charge is 0.169 e. The minimum atomic E-state index is -0.265. The van der Waals surface area contributed by atoms with E-state index >= 15 is 0 Å². The largest absolute Gasteiger partial charge is 0.494 e. The third-order valence-electron chi connectivity index (χ3n) is 3.87. The number of ether oxygens (including phenoxy) is 2. The van der Waals surface area contributed by atoms with Gasteiger partial charge in [0.05, 0.1) is 7.11 Å². The molecule has 4 heteroatoms. The fourth-order valence-electron chi connectivity index (χ4n) is 2.32. The zero-order chi connectivity index (χ0) is 13.7. The molecule has 1 aromatic carbocycles. The van der Waals surface area contributed by atoms with Gasteiger partial charge in [0.2, 0.25) is 0 Å². The zero-order valence-electron chi connectivity index (χ0n) is 11.7. The first-order chi connectivity index (χ1) is 9.21. The van der Waals surface area contributed by atoms with Crippen LogP contribution in [0.2, 0.25) is 0 Å². The van der Waals surface area contributed by atoms with E-state index < -0.39 is 0 Å². The topological polar surface area (TPSA) is 30.5 Å². The highest BCUT2D eigenvalue weighted by Gasteiger charge is 2.41. The first-order valence-electron chi connectivity index (χ1n) is 6.72. The number of nitrogens with one attached hydrogen (secondary N) is 1. The van der Waals surface area contributed by atoms with Gasteiger partial charge >= 0.3 is 0 Å². The van der Waals surface area contributed by atoms with Gasteiger partial charge in [-0.3, -0.25) is 0 Å². The van der Waals surface area contributed by atoms with Crippen LogP contribution in [0.25, 0.3) is 0 Å². The van der Waals surface area contributed by atoms with Crippen LogP contribution in [-0.2, 0) is 11.3 Å². The maximum atomic E-state index is 13.9.